The highest BCUT2D eigenvalue weighted by molar-refractivity contribution is 7.13. The van der Waals surface area contributed by atoms with Crippen LogP contribution in [0.25, 0.3) is 0 Å². The van der Waals surface area contributed by atoms with Crippen LogP contribution >= 0.6 is 11.3 Å². The zero-order valence-electron chi connectivity index (χ0n) is 9.94. The first-order valence-electron chi connectivity index (χ1n) is 5.35. The quantitative estimate of drug-likeness (QED) is 0.879. The number of nitrogens with one attached hydrogen (secondary N) is 2. The lowest BCUT2D eigenvalue weighted by molar-refractivity contribution is 0.103. The molecule has 0 spiro atoms. The Bertz CT molecular complexity index is 529. The second kappa shape index (κ2) is 4.67. The number of carbonyl (C=O) groups is 1. The van der Waals surface area contributed by atoms with Crippen molar-refractivity contribution < 1.29 is 4.79 Å². The van der Waals surface area contributed by atoms with E-state index >= 15 is 0 Å². The molecule has 0 atom stereocenters. The molecule has 0 aliphatic heterocycles. The van der Waals surface area contributed by atoms with E-state index in [-0.39, 0.29) is 5.91 Å². The summed E-state index contributed by atoms with van der Waals surface area (Å²) in [5, 5.41) is 10.5. The Kier molecular flexibility index (Phi) is 3.23. The average Bonchev–Trinajstić information content (AvgIpc) is 2.86. The van der Waals surface area contributed by atoms with Crippen LogP contribution in [-0.4, -0.2) is 21.1 Å². The number of aromatic nitrogens is 3. The maximum Gasteiger partial charge on any atom is 0.268 e. The van der Waals surface area contributed by atoms with Crippen molar-refractivity contribution in [3.8, 4) is 0 Å². The number of H-pyrrole nitrogens is 1. The lowest BCUT2D eigenvalue weighted by Gasteiger charge is -1.98. The molecule has 2 heterocycles. The fraction of sp³-hybridized carbons (Fsp3) is 0.364. The number of nitrogens with zero attached hydrogens (tertiary/aromatic N) is 2. The van der Waals surface area contributed by atoms with Gasteiger partial charge in [-0.25, -0.2) is 4.98 Å². The van der Waals surface area contributed by atoms with E-state index in [0.29, 0.717) is 16.6 Å². The van der Waals surface area contributed by atoms with E-state index in [1.165, 1.54) is 11.3 Å². The molecule has 90 valence electrons. The molecule has 0 saturated carbocycles. The third-order valence-electron chi connectivity index (χ3n) is 2.31. The zero-order chi connectivity index (χ0) is 12.4. The van der Waals surface area contributed by atoms with Crippen LogP contribution in [0.4, 0.5) is 5.82 Å². The second-order valence-electron chi connectivity index (χ2n) is 4.06. The maximum absolute atomic E-state index is 11.8. The molecule has 2 N–H and O–H groups in total. The number of hydrogen-bond donors (Lipinski definition) is 2. The van der Waals surface area contributed by atoms with Crippen LogP contribution in [0.1, 0.15) is 40.1 Å². The highest BCUT2D eigenvalue weighted by Gasteiger charge is 2.11. The van der Waals surface area contributed by atoms with Gasteiger partial charge in [-0.05, 0) is 12.8 Å². The van der Waals surface area contributed by atoms with Crippen molar-refractivity contribution in [3.63, 3.8) is 0 Å². The van der Waals surface area contributed by atoms with E-state index in [0.717, 1.165) is 10.7 Å². The highest BCUT2D eigenvalue weighted by atomic mass is 32.1. The fourth-order valence-electron chi connectivity index (χ4n) is 1.34. The largest absolute Gasteiger partial charge is 0.304 e. The molecule has 0 bridgehead atoms. The van der Waals surface area contributed by atoms with Gasteiger partial charge < -0.3 is 5.32 Å². The molecular weight excluding hydrogens is 236 g/mol. The average molecular weight is 250 g/mol. The van der Waals surface area contributed by atoms with Gasteiger partial charge in [0.2, 0.25) is 0 Å². The maximum atomic E-state index is 11.8. The Hall–Kier alpha value is -1.69. The molecule has 1 amide bonds. The number of thiazole rings is 1. The minimum absolute atomic E-state index is 0.169. The number of aromatic amines is 1. The number of amides is 1. The monoisotopic (exact) mass is 250 g/mol. The van der Waals surface area contributed by atoms with Gasteiger partial charge >= 0.3 is 0 Å². The van der Waals surface area contributed by atoms with Crippen LogP contribution in [0.2, 0.25) is 0 Å². The molecular formula is C11H14N4OS. The SMILES string of the molecule is Cc1ncc(C(=O)Nc2cc(C(C)C)[nH]n2)s1. The van der Waals surface area contributed by atoms with Crippen LogP contribution in [-0.2, 0) is 0 Å². The summed E-state index contributed by atoms with van der Waals surface area (Å²) in [5.74, 6) is 0.737. The number of carbonyl (C=O) groups excluding carboxylic acids is 1. The molecule has 2 rings (SSSR count). The summed E-state index contributed by atoms with van der Waals surface area (Å²) in [5.41, 5.74) is 1.00. The van der Waals surface area contributed by atoms with Gasteiger partial charge in [0.15, 0.2) is 5.82 Å². The Morgan fingerprint density at radius 1 is 1.53 bits per heavy atom. The summed E-state index contributed by atoms with van der Waals surface area (Å²) in [6.45, 7) is 5.99. The van der Waals surface area contributed by atoms with Crippen LogP contribution in [0, 0.1) is 6.92 Å². The number of hydrogen-bond acceptors (Lipinski definition) is 4. The van der Waals surface area contributed by atoms with Crippen molar-refractivity contribution in [1.82, 2.24) is 15.2 Å². The summed E-state index contributed by atoms with van der Waals surface area (Å²) in [6, 6.07) is 1.84. The van der Waals surface area contributed by atoms with Gasteiger partial charge in [0.05, 0.1) is 11.2 Å². The van der Waals surface area contributed by atoms with Gasteiger partial charge in [-0.1, -0.05) is 13.8 Å². The Morgan fingerprint density at radius 2 is 2.29 bits per heavy atom. The van der Waals surface area contributed by atoms with Gasteiger partial charge in [-0.3, -0.25) is 9.89 Å². The normalized spacial score (nSPS) is 10.8. The van der Waals surface area contributed by atoms with Gasteiger partial charge in [0, 0.05) is 11.8 Å². The van der Waals surface area contributed by atoms with Crippen molar-refractivity contribution >= 4 is 23.1 Å². The molecule has 0 saturated heterocycles. The zero-order valence-corrected chi connectivity index (χ0v) is 10.8. The van der Waals surface area contributed by atoms with E-state index in [1.807, 2.05) is 13.0 Å². The van der Waals surface area contributed by atoms with Crippen LogP contribution in [0.5, 0.6) is 0 Å². The molecule has 0 unspecified atom stereocenters. The van der Waals surface area contributed by atoms with Crippen molar-refractivity contribution in [2.24, 2.45) is 0 Å². The first-order chi connectivity index (χ1) is 8.06. The molecule has 2 aromatic heterocycles. The lowest BCUT2D eigenvalue weighted by Crippen LogP contribution is -2.10. The Balaban J connectivity index is 2.07. The topological polar surface area (TPSA) is 70.7 Å². The van der Waals surface area contributed by atoms with Crippen LogP contribution < -0.4 is 5.32 Å². The van der Waals surface area contributed by atoms with Crippen molar-refractivity contribution in [1.29, 1.82) is 0 Å². The predicted octanol–water partition coefficient (Wildman–Crippen LogP) is 2.55. The highest BCUT2D eigenvalue weighted by Crippen LogP contribution is 2.17. The van der Waals surface area contributed by atoms with Crippen LogP contribution in [0.3, 0.4) is 0 Å². The fourth-order valence-corrected chi connectivity index (χ4v) is 2.01. The summed E-state index contributed by atoms with van der Waals surface area (Å²) >= 11 is 1.37. The Labute approximate surface area is 103 Å². The smallest absolute Gasteiger partial charge is 0.268 e. The molecule has 2 aromatic rings. The first kappa shape index (κ1) is 11.8. The van der Waals surface area contributed by atoms with E-state index < -0.39 is 0 Å². The van der Waals surface area contributed by atoms with E-state index in [4.69, 9.17) is 0 Å². The first-order valence-corrected chi connectivity index (χ1v) is 6.17. The molecule has 5 nitrogen and oxygen atoms in total. The molecule has 0 aromatic carbocycles. The molecule has 0 aliphatic carbocycles. The molecule has 6 heteroatoms. The number of aryl methyl sites for hydroxylation is 1. The minimum atomic E-state index is -0.169. The van der Waals surface area contributed by atoms with Gasteiger partial charge in [-0.2, -0.15) is 5.10 Å². The second-order valence-corrected chi connectivity index (χ2v) is 5.30. The standard InChI is InChI=1S/C11H14N4OS/c1-6(2)8-4-10(15-14-8)13-11(16)9-5-12-7(3)17-9/h4-6H,1-3H3,(H2,13,14,15,16). The van der Waals surface area contributed by atoms with Gasteiger partial charge in [-0.15, -0.1) is 11.3 Å². The summed E-state index contributed by atoms with van der Waals surface area (Å²) in [7, 11) is 0. The summed E-state index contributed by atoms with van der Waals surface area (Å²) in [4.78, 5) is 16.4. The third kappa shape index (κ3) is 2.71. The van der Waals surface area contributed by atoms with E-state index in [1.54, 1.807) is 6.20 Å². The van der Waals surface area contributed by atoms with Gasteiger partial charge in [0.25, 0.3) is 5.91 Å². The van der Waals surface area contributed by atoms with Crippen molar-refractivity contribution in [2.75, 3.05) is 5.32 Å². The molecule has 0 radical (unpaired) electrons. The predicted molar refractivity (Wildman–Crippen MR) is 67.5 cm³/mol. The lowest BCUT2D eigenvalue weighted by atomic mass is 10.1. The van der Waals surface area contributed by atoms with Crippen LogP contribution in [0.15, 0.2) is 12.3 Å². The Morgan fingerprint density at radius 3 is 2.82 bits per heavy atom. The van der Waals surface area contributed by atoms with Gasteiger partial charge in [0.1, 0.15) is 4.88 Å². The molecule has 0 aliphatic rings. The minimum Gasteiger partial charge on any atom is -0.304 e. The van der Waals surface area contributed by atoms with Crippen molar-refractivity contribution in [3.05, 3.63) is 27.8 Å². The molecule has 0 fully saturated rings. The summed E-state index contributed by atoms with van der Waals surface area (Å²) < 4.78 is 0. The number of anilines is 1. The third-order valence-corrected chi connectivity index (χ3v) is 3.22. The van der Waals surface area contributed by atoms with E-state index in [9.17, 15) is 4.79 Å². The number of rotatable bonds is 3. The molecule has 17 heavy (non-hydrogen) atoms. The van der Waals surface area contributed by atoms with Crippen molar-refractivity contribution in [2.45, 2.75) is 26.7 Å². The summed E-state index contributed by atoms with van der Waals surface area (Å²) in [6.07, 6.45) is 1.57. The van der Waals surface area contributed by atoms with E-state index in [2.05, 4.69) is 34.3 Å².